The molecule has 1 aromatic heterocycles. The fraction of sp³-hybridized carbons (Fsp3) is 0.143. The highest BCUT2D eigenvalue weighted by molar-refractivity contribution is 6.30. The van der Waals surface area contributed by atoms with Crippen molar-refractivity contribution in [1.82, 2.24) is 9.78 Å². The van der Waals surface area contributed by atoms with Crippen LogP contribution in [0.5, 0.6) is 0 Å². The van der Waals surface area contributed by atoms with Crippen LogP contribution < -0.4 is 10.7 Å². The summed E-state index contributed by atoms with van der Waals surface area (Å²) < 4.78 is 6.41. The third-order valence-electron chi connectivity index (χ3n) is 4.01. The number of carbonyl (C=O) groups is 2. The van der Waals surface area contributed by atoms with Crippen LogP contribution in [-0.2, 0) is 9.53 Å². The molecule has 0 aliphatic rings. The first-order chi connectivity index (χ1) is 13.8. The fourth-order valence-corrected chi connectivity index (χ4v) is 2.78. The number of amides is 1. The van der Waals surface area contributed by atoms with E-state index in [9.17, 15) is 14.4 Å². The third-order valence-corrected chi connectivity index (χ3v) is 4.26. The van der Waals surface area contributed by atoms with Crippen molar-refractivity contribution >= 4 is 29.2 Å². The molecular formula is C21H18ClN3O4. The van der Waals surface area contributed by atoms with Gasteiger partial charge in [-0.1, -0.05) is 23.7 Å². The molecule has 0 saturated heterocycles. The van der Waals surface area contributed by atoms with Crippen LogP contribution in [0, 0.1) is 13.8 Å². The van der Waals surface area contributed by atoms with Gasteiger partial charge in [0.2, 0.25) is 11.1 Å². The smallest absolute Gasteiger partial charge is 0.363 e. The monoisotopic (exact) mass is 411 g/mol. The number of halogens is 1. The van der Waals surface area contributed by atoms with E-state index in [1.165, 1.54) is 10.7 Å². The van der Waals surface area contributed by atoms with Gasteiger partial charge in [-0.05, 0) is 55.8 Å². The molecule has 1 amide bonds. The van der Waals surface area contributed by atoms with Crippen molar-refractivity contribution < 1.29 is 14.3 Å². The number of aryl methyl sites for hydroxylation is 2. The van der Waals surface area contributed by atoms with Gasteiger partial charge in [0.1, 0.15) is 0 Å². The van der Waals surface area contributed by atoms with E-state index < -0.39 is 29.6 Å². The number of nitrogens with one attached hydrogen (secondary N) is 1. The molecule has 7 nitrogen and oxygen atoms in total. The quantitative estimate of drug-likeness (QED) is 0.650. The Kier molecular flexibility index (Phi) is 6.09. The van der Waals surface area contributed by atoms with E-state index in [1.54, 1.807) is 49.4 Å². The van der Waals surface area contributed by atoms with E-state index >= 15 is 0 Å². The first-order valence-corrected chi connectivity index (χ1v) is 9.12. The van der Waals surface area contributed by atoms with Gasteiger partial charge in [0, 0.05) is 22.5 Å². The Morgan fingerprint density at radius 1 is 1.10 bits per heavy atom. The molecule has 0 bridgehead atoms. The summed E-state index contributed by atoms with van der Waals surface area (Å²) in [6, 6.07) is 15.2. The van der Waals surface area contributed by atoms with Gasteiger partial charge in [-0.2, -0.15) is 5.10 Å². The first kappa shape index (κ1) is 20.3. The Morgan fingerprint density at radius 2 is 1.83 bits per heavy atom. The van der Waals surface area contributed by atoms with Gasteiger partial charge < -0.3 is 10.1 Å². The minimum absolute atomic E-state index is 0.408. The second kappa shape index (κ2) is 8.70. The molecule has 0 aliphatic carbocycles. The topological polar surface area (TPSA) is 90.3 Å². The predicted molar refractivity (Wildman–Crippen MR) is 110 cm³/mol. The molecule has 0 aliphatic heterocycles. The van der Waals surface area contributed by atoms with Crippen molar-refractivity contribution in [1.29, 1.82) is 0 Å². The molecule has 8 heteroatoms. The molecule has 2 aromatic carbocycles. The number of benzene rings is 2. The van der Waals surface area contributed by atoms with Gasteiger partial charge in [0.05, 0.1) is 5.69 Å². The van der Waals surface area contributed by atoms with Crippen LogP contribution in [0.25, 0.3) is 5.69 Å². The van der Waals surface area contributed by atoms with Gasteiger partial charge in [-0.3, -0.25) is 9.59 Å². The Bertz CT molecular complexity index is 1120. The van der Waals surface area contributed by atoms with Crippen LogP contribution in [-0.4, -0.2) is 28.3 Å². The van der Waals surface area contributed by atoms with Crippen LogP contribution in [0.1, 0.15) is 21.7 Å². The molecule has 148 valence electrons. The number of carbonyl (C=O) groups excluding carboxylic acids is 2. The van der Waals surface area contributed by atoms with E-state index in [4.69, 9.17) is 16.3 Å². The van der Waals surface area contributed by atoms with Crippen molar-refractivity contribution in [2.24, 2.45) is 0 Å². The molecule has 0 fully saturated rings. The van der Waals surface area contributed by atoms with Gasteiger partial charge >= 0.3 is 5.97 Å². The number of nitrogens with zero attached hydrogens (tertiary/aromatic N) is 2. The SMILES string of the molecule is Cc1cccc(NC(=O)COC(=O)c2nn(-c3ccc(Cl)cc3)c(C)cc2=O)c1. The number of ether oxygens (including phenoxy) is 1. The van der Waals surface area contributed by atoms with Crippen LogP contribution in [0.15, 0.2) is 59.4 Å². The largest absolute Gasteiger partial charge is 0.451 e. The summed E-state index contributed by atoms with van der Waals surface area (Å²) in [5.74, 6) is -1.49. The van der Waals surface area contributed by atoms with Crippen molar-refractivity contribution in [2.45, 2.75) is 13.8 Å². The summed E-state index contributed by atoms with van der Waals surface area (Å²) >= 11 is 5.89. The molecule has 1 heterocycles. The normalized spacial score (nSPS) is 10.4. The summed E-state index contributed by atoms with van der Waals surface area (Å²) in [5.41, 5.74) is 1.73. The fourth-order valence-electron chi connectivity index (χ4n) is 2.65. The van der Waals surface area contributed by atoms with Crippen LogP contribution >= 0.6 is 11.6 Å². The average molecular weight is 412 g/mol. The second-order valence-electron chi connectivity index (χ2n) is 6.38. The molecule has 0 spiro atoms. The van der Waals surface area contributed by atoms with Crippen molar-refractivity contribution in [3.8, 4) is 5.69 Å². The Hall–Kier alpha value is -3.45. The number of hydrogen-bond acceptors (Lipinski definition) is 5. The van der Waals surface area contributed by atoms with E-state index in [1.807, 2.05) is 13.0 Å². The van der Waals surface area contributed by atoms with Crippen LogP contribution in [0.3, 0.4) is 0 Å². The van der Waals surface area contributed by atoms with Crippen molar-refractivity contribution in [3.63, 3.8) is 0 Å². The maximum absolute atomic E-state index is 12.3. The molecule has 1 N–H and O–H groups in total. The summed E-state index contributed by atoms with van der Waals surface area (Å²) in [4.78, 5) is 36.5. The first-order valence-electron chi connectivity index (χ1n) is 8.74. The lowest BCUT2D eigenvalue weighted by atomic mass is 10.2. The zero-order chi connectivity index (χ0) is 21.0. The minimum atomic E-state index is -0.975. The molecular weight excluding hydrogens is 394 g/mol. The zero-order valence-electron chi connectivity index (χ0n) is 15.8. The Labute approximate surface area is 171 Å². The number of esters is 1. The van der Waals surface area contributed by atoms with Crippen LogP contribution in [0.4, 0.5) is 5.69 Å². The van der Waals surface area contributed by atoms with Gasteiger partial charge in [-0.15, -0.1) is 0 Å². The van der Waals surface area contributed by atoms with Crippen LogP contribution in [0.2, 0.25) is 5.02 Å². The molecule has 0 radical (unpaired) electrons. The Morgan fingerprint density at radius 3 is 2.52 bits per heavy atom. The van der Waals surface area contributed by atoms with E-state index in [0.29, 0.717) is 22.1 Å². The highest BCUT2D eigenvalue weighted by Crippen LogP contribution is 2.14. The molecule has 3 aromatic rings. The highest BCUT2D eigenvalue weighted by atomic mass is 35.5. The van der Waals surface area contributed by atoms with Gasteiger partial charge in [-0.25, -0.2) is 9.48 Å². The zero-order valence-corrected chi connectivity index (χ0v) is 16.6. The van der Waals surface area contributed by atoms with Crippen molar-refractivity contribution in [2.75, 3.05) is 11.9 Å². The average Bonchev–Trinajstić information content (AvgIpc) is 2.67. The number of hydrogen-bond donors (Lipinski definition) is 1. The highest BCUT2D eigenvalue weighted by Gasteiger charge is 2.18. The summed E-state index contributed by atoms with van der Waals surface area (Å²) in [7, 11) is 0. The number of anilines is 1. The standard InChI is InChI=1S/C21H18ClN3O4/c1-13-4-3-5-16(10-13)23-19(27)12-29-21(28)20-18(26)11-14(2)25(24-20)17-8-6-15(22)7-9-17/h3-11H,12H2,1-2H3,(H,23,27). The molecule has 0 saturated carbocycles. The van der Waals surface area contributed by atoms with Gasteiger partial charge in [0.15, 0.2) is 6.61 Å². The van der Waals surface area contributed by atoms with E-state index in [2.05, 4.69) is 10.4 Å². The molecule has 0 atom stereocenters. The second-order valence-corrected chi connectivity index (χ2v) is 6.82. The van der Waals surface area contributed by atoms with E-state index in [-0.39, 0.29) is 0 Å². The number of rotatable bonds is 5. The lowest BCUT2D eigenvalue weighted by Gasteiger charge is -2.11. The maximum atomic E-state index is 12.3. The molecule has 0 unspecified atom stereocenters. The lowest BCUT2D eigenvalue weighted by Crippen LogP contribution is -2.27. The maximum Gasteiger partial charge on any atom is 0.363 e. The lowest BCUT2D eigenvalue weighted by molar-refractivity contribution is -0.119. The minimum Gasteiger partial charge on any atom is -0.451 e. The Balaban J connectivity index is 1.73. The number of aromatic nitrogens is 2. The molecule has 3 rings (SSSR count). The van der Waals surface area contributed by atoms with Gasteiger partial charge in [0.25, 0.3) is 5.91 Å². The molecule has 29 heavy (non-hydrogen) atoms. The van der Waals surface area contributed by atoms with E-state index in [0.717, 1.165) is 5.56 Å². The predicted octanol–water partition coefficient (Wildman–Crippen LogP) is 3.30. The van der Waals surface area contributed by atoms with Crippen molar-refractivity contribution in [3.05, 3.63) is 86.8 Å². The summed E-state index contributed by atoms with van der Waals surface area (Å²) in [6.07, 6.45) is 0. The summed E-state index contributed by atoms with van der Waals surface area (Å²) in [5, 5.41) is 7.27. The summed E-state index contributed by atoms with van der Waals surface area (Å²) in [6.45, 7) is 3.04. The third kappa shape index (κ3) is 5.08.